The van der Waals surface area contributed by atoms with Crippen molar-refractivity contribution in [2.75, 3.05) is 13.2 Å². The van der Waals surface area contributed by atoms with E-state index in [0.29, 0.717) is 36.3 Å². The van der Waals surface area contributed by atoms with Gasteiger partial charge in [-0.2, -0.15) is 0 Å². The number of hydrogen-bond acceptors (Lipinski definition) is 3. The summed E-state index contributed by atoms with van der Waals surface area (Å²) < 4.78 is 63.0. The number of rotatable bonds is 7. The number of ether oxygens (including phenoxy) is 1. The molecule has 4 aromatic rings. The number of hydrogen-bond donors (Lipinski definition) is 2. The number of halogens is 4. The topological polar surface area (TPSA) is 75.6 Å². The minimum absolute atomic E-state index is 0.0375. The highest BCUT2D eigenvalue weighted by atomic mass is 19.1. The van der Waals surface area contributed by atoms with Crippen LogP contribution in [0, 0.1) is 58.8 Å². The first-order valence-corrected chi connectivity index (χ1v) is 15.4. The molecule has 0 radical (unpaired) electrons. The van der Waals surface area contributed by atoms with Gasteiger partial charge in [-0.3, -0.25) is 4.79 Å². The van der Waals surface area contributed by atoms with E-state index in [9.17, 15) is 22.8 Å². The molecular formula is C39H31F4NO4. The Kier molecular flexibility index (Phi) is 10.9. The predicted octanol–water partition coefficient (Wildman–Crippen LogP) is 7.14. The maximum atomic E-state index is 15.3. The summed E-state index contributed by atoms with van der Waals surface area (Å²) in [7, 11) is 0. The van der Waals surface area contributed by atoms with Crippen LogP contribution in [0.5, 0.6) is 0 Å². The van der Waals surface area contributed by atoms with E-state index < -0.39 is 29.2 Å². The first-order valence-electron chi connectivity index (χ1n) is 15.4. The van der Waals surface area contributed by atoms with E-state index in [1.54, 1.807) is 24.3 Å². The third-order valence-corrected chi connectivity index (χ3v) is 8.31. The fourth-order valence-electron chi connectivity index (χ4n) is 5.39. The molecule has 5 rings (SSSR count). The van der Waals surface area contributed by atoms with Gasteiger partial charge in [0.05, 0.1) is 29.4 Å². The molecule has 1 fully saturated rings. The Morgan fingerprint density at radius 1 is 0.812 bits per heavy atom. The van der Waals surface area contributed by atoms with Gasteiger partial charge in [0.15, 0.2) is 0 Å². The normalized spacial score (nSPS) is 16.1. The molecule has 4 aromatic carbocycles. The summed E-state index contributed by atoms with van der Waals surface area (Å²) >= 11 is 0. The van der Waals surface area contributed by atoms with E-state index >= 15 is 4.39 Å². The summed E-state index contributed by atoms with van der Waals surface area (Å²) in [5, 5.41) is 11.9. The van der Waals surface area contributed by atoms with Gasteiger partial charge in [-0.15, -0.1) is 0 Å². The molecule has 244 valence electrons. The van der Waals surface area contributed by atoms with Gasteiger partial charge in [-0.1, -0.05) is 30.6 Å². The van der Waals surface area contributed by atoms with E-state index in [1.165, 1.54) is 42.5 Å². The van der Waals surface area contributed by atoms with Gasteiger partial charge in [-0.05, 0) is 104 Å². The molecule has 1 aliphatic heterocycles. The van der Waals surface area contributed by atoms with E-state index in [-0.39, 0.29) is 52.5 Å². The highest BCUT2D eigenvalue weighted by Gasteiger charge is 2.28. The molecule has 1 aliphatic rings. The van der Waals surface area contributed by atoms with Crippen molar-refractivity contribution in [1.29, 1.82) is 0 Å². The third kappa shape index (κ3) is 8.70. The molecule has 48 heavy (non-hydrogen) atoms. The van der Waals surface area contributed by atoms with Crippen LogP contribution < -0.4 is 5.32 Å². The minimum Gasteiger partial charge on any atom is -0.478 e. The van der Waals surface area contributed by atoms with Crippen molar-refractivity contribution < 1.29 is 37.0 Å². The largest absolute Gasteiger partial charge is 0.478 e. The van der Waals surface area contributed by atoms with Gasteiger partial charge in [0.25, 0.3) is 5.91 Å². The van der Waals surface area contributed by atoms with E-state index in [1.807, 2.05) is 6.92 Å². The van der Waals surface area contributed by atoms with Crippen LogP contribution in [-0.2, 0) is 11.2 Å². The lowest BCUT2D eigenvalue weighted by atomic mass is 9.83. The molecule has 0 aromatic heterocycles. The van der Waals surface area contributed by atoms with E-state index in [0.717, 1.165) is 18.6 Å². The van der Waals surface area contributed by atoms with Crippen LogP contribution in [0.4, 0.5) is 17.6 Å². The van der Waals surface area contributed by atoms with E-state index in [2.05, 4.69) is 29.0 Å². The molecule has 0 aliphatic carbocycles. The average molecular weight is 654 g/mol. The average Bonchev–Trinajstić information content (AvgIpc) is 3.09. The summed E-state index contributed by atoms with van der Waals surface area (Å²) in [4.78, 5) is 23.7. The monoisotopic (exact) mass is 653 g/mol. The predicted molar refractivity (Wildman–Crippen MR) is 172 cm³/mol. The Labute approximate surface area is 276 Å². The number of aromatic carboxylic acids is 1. The fourth-order valence-corrected chi connectivity index (χ4v) is 5.39. The molecule has 2 N–H and O–H groups in total. The molecule has 1 saturated heterocycles. The lowest BCUT2D eigenvalue weighted by molar-refractivity contribution is -0.0280. The number of amides is 1. The summed E-state index contributed by atoms with van der Waals surface area (Å²) in [5.74, 6) is 6.84. The lowest BCUT2D eigenvalue weighted by Crippen LogP contribution is -2.38. The van der Waals surface area contributed by atoms with Gasteiger partial charge in [0.1, 0.15) is 23.3 Å². The zero-order chi connectivity index (χ0) is 34.2. The van der Waals surface area contributed by atoms with Crippen molar-refractivity contribution in [3.8, 4) is 23.7 Å². The molecule has 3 unspecified atom stereocenters. The van der Waals surface area contributed by atoms with Crippen molar-refractivity contribution in [2.45, 2.75) is 32.3 Å². The molecule has 1 heterocycles. The lowest BCUT2D eigenvalue weighted by Gasteiger charge is -2.33. The second-order valence-corrected chi connectivity index (χ2v) is 11.7. The number of carboxylic acids is 1. The Hall–Kier alpha value is -5.38. The van der Waals surface area contributed by atoms with Gasteiger partial charge < -0.3 is 15.2 Å². The Bertz CT molecular complexity index is 1930. The molecule has 5 nitrogen and oxygen atoms in total. The Balaban J connectivity index is 1.10. The molecule has 0 spiro atoms. The van der Waals surface area contributed by atoms with Gasteiger partial charge in [0.2, 0.25) is 0 Å². The maximum absolute atomic E-state index is 15.3. The second kappa shape index (κ2) is 15.5. The smallest absolute Gasteiger partial charge is 0.335 e. The van der Waals surface area contributed by atoms with Crippen LogP contribution >= 0.6 is 0 Å². The number of carboxylic acid groups (broad SMARTS) is 1. The first-order chi connectivity index (χ1) is 23.1. The SMILES string of the molecule is CC(Cc1c(F)ccc(C#Cc2ccc(C(=O)O)cc2)c1F)C1CCC(CNC(=O)c2ccc(C#Cc3ccc(F)cc3F)cc2)OC1. The summed E-state index contributed by atoms with van der Waals surface area (Å²) in [6.45, 7) is 2.62. The van der Waals surface area contributed by atoms with Crippen LogP contribution in [-0.4, -0.2) is 36.2 Å². The Morgan fingerprint density at radius 2 is 1.44 bits per heavy atom. The zero-order valence-electron chi connectivity index (χ0n) is 26.0. The standard InChI is InChI=1S/C39H31F4NO4/c1-24(20-34-35(41)19-16-28(37(34)43)9-3-26-6-12-30(13-7-26)39(46)47)31-15-18-33(48-23-31)22-44-38(45)29-10-4-25(5-11-29)2-8-27-14-17-32(40)21-36(27)42/h4-7,10-14,16-17,19,21,24,31,33H,15,18,20,22-23H2,1H3,(H,44,45)(H,46,47). The molecule has 9 heteroatoms. The second-order valence-electron chi connectivity index (χ2n) is 11.7. The zero-order valence-corrected chi connectivity index (χ0v) is 26.0. The van der Waals surface area contributed by atoms with Crippen LogP contribution in [0.15, 0.2) is 78.9 Å². The number of benzene rings is 4. The summed E-state index contributed by atoms with van der Waals surface area (Å²) in [6, 6.07) is 18.0. The number of nitrogens with one attached hydrogen (secondary N) is 1. The van der Waals surface area contributed by atoms with Crippen LogP contribution in [0.25, 0.3) is 0 Å². The summed E-state index contributed by atoms with van der Waals surface area (Å²) in [5.41, 5.74) is 1.69. The highest BCUT2D eigenvalue weighted by Crippen LogP contribution is 2.30. The van der Waals surface area contributed by atoms with Gasteiger partial charge in [-0.25, -0.2) is 22.4 Å². The number of carbonyl (C=O) groups is 2. The van der Waals surface area contributed by atoms with E-state index in [4.69, 9.17) is 9.84 Å². The highest BCUT2D eigenvalue weighted by molar-refractivity contribution is 5.94. The maximum Gasteiger partial charge on any atom is 0.335 e. The fraction of sp³-hybridized carbons (Fsp3) is 0.231. The summed E-state index contributed by atoms with van der Waals surface area (Å²) in [6.07, 6.45) is 1.39. The molecule has 0 bridgehead atoms. The van der Waals surface area contributed by atoms with Crippen molar-refractivity contribution in [3.63, 3.8) is 0 Å². The van der Waals surface area contributed by atoms with Crippen molar-refractivity contribution in [1.82, 2.24) is 5.32 Å². The van der Waals surface area contributed by atoms with Crippen molar-refractivity contribution in [3.05, 3.63) is 141 Å². The quantitative estimate of drug-likeness (QED) is 0.164. The third-order valence-electron chi connectivity index (χ3n) is 8.31. The van der Waals surface area contributed by atoms with Crippen molar-refractivity contribution in [2.24, 2.45) is 11.8 Å². The molecular weight excluding hydrogens is 622 g/mol. The molecule has 0 saturated carbocycles. The van der Waals surface area contributed by atoms with Crippen LogP contribution in [0.1, 0.15) is 68.3 Å². The Morgan fingerprint density at radius 3 is 2.04 bits per heavy atom. The number of carbonyl (C=O) groups excluding carboxylic acids is 1. The van der Waals surface area contributed by atoms with Gasteiger partial charge >= 0.3 is 5.97 Å². The van der Waals surface area contributed by atoms with Crippen LogP contribution in [0.3, 0.4) is 0 Å². The van der Waals surface area contributed by atoms with Gasteiger partial charge in [0, 0.05) is 34.9 Å². The first kappa shape index (κ1) is 34.0. The van der Waals surface area contributed by atoms with Crippen LogP contribution in [0.2, 0.25) is 0 Å². The van der Waals surface area contributed by atoms with Crippen molar-refractivity contribution >= 4 is 11.9 Å². The minimum atomic E-state index is -1.06. The molecule has 3 atom stereocenters. The molecule has 1 amide bonds.